The van der Waals surface area contributed by atoms with Gasteiger partial charge >= 0.3 is 0 Å². The third kappa shape index (κ3) is 9.88. The van der Waals surface area contributed by atoms with Crippen molar-refractivity contribution in [3.63, 3.8) is 0 Å². The number of rotatable bonds is 9. The first-order chi connectivity index (χ1) is 5.91. The van der Waals surface area contributed by atoms with Gasteiger partial charge in [-0.1, -0.05) is 19.8 Å². The lowest BCUT2D eigenvalue weighted by Gasteiger charge is -2.03. The molecule has 0 saturated heterocycles. The Balaban J connectivity index is 2.73. The normalized spacial score (nSPS) is 10.5. The number of methoxy groups -OCH3 is 1. The molecule has 0 unspecified atom stereocenters. The van der Waals surface area contributed by atoms with E-state index in [2.05, 4.69) is 6.92 Å². The van der Waals surface area contributed by atoms with Crippen molar-refractivity contribution in [1.82, 2.24) is 0 Å². The molecule has 74 valence electrons. The molecule has 0 aromatic carbocycles. The monoisotopic (exact) mass is 176 g/mol. The van der Waals surface area contributed by atoms with Gasteiger partial charge < -0.3 is 14.2 Å². The van der Waals surface area contributed by atoms with Gasteiger partial charge in [-0.2, -0.15) is 0 Å². The zero-order valence-electron chi connectivity index (χ0n) is 8.17. The summed E-state index contributed by atoms with van der Waals surface area (Å²) in [4.78, 5) is 0. The molecule has 0 aromatic heterocycles. The van der Waals surface area contributed by atoms with E-state index in [-0.39, 0.29) is 0 Å². The van der Waals surface area contributed by atoms with Crippen LogP contribution in [0.4, 0.5) is 0 Å². The van der Waals surface area contributed by atoms with E-state index < -0.39 is 0 Å². The summed E-state index contributed by atoms with van der Waals surface area (Å²) < 4.78 is 15.1. The second-order valence-electron chi connectivity index (χ2n) is 2.63. The molecule has 3 heteroatoms. The fourth-order valence-corrected chi connectivity index (χ4v) is 0.816. The average molecular weight is 176 g/mol. The molecule has 0 spiro atoms. The molecule has 0 saturated carbocycles. The first kappa shape index (κ1) is 11.9. The number of ether oxygens (including phenoxy) is 3. The molecule has 0 aromatic rings. The van der Waals surface area contributed by atoms with Gasteiger partial charge in [0, 0.05) is 13.7 Å². The Morgan fingerprint density at radius 2 is 1.67 bits per heavy atom. The van der Waals surface area contributed by atoms with Crippen LogP contribution in [0.5, 0.6) is 0 Å². The predicted octanol–water partition coefficient (Wildman–Crippen LogP) is 1.81. The Hall–Kier alpha value is -0.120. The van der Waals surface area contributed by atoms with Gasteiger partial charge in [-0.15, -0.1) is 0 Å². The first-order valence-corrected chi connectivity index (χ1v) is 4.56. The molecule has 0 bridgehead atoms. The SMILES string of the molecule is CCCCCOCCOCOC. The van der Waals surface area contributed by atoms with Crippen LogP contribution in [-0.2, 0) is 14.2 Å². The number of hydrogen-bond donors (Lipinski definition) is 0. The van der Waals surface area contributed by atoms with Crippen LogP contribution in [0.3, 0.4) is 0 Å². The Bertz CT molecular complexity index is 66.2. The van der Waals surface area contributed by atoms with Crippen LogP contribution in [-0.4, -0.2) is 33.7 Å². The van der Waals surface area contributed by atoms with Gasteiger partial charge in [0.25, 0.3) is 0 Å². The minimum Gasteiger partial charge on any atom is -0.379 e. The van der Waals surface area contributed by atoms with Crippen LogP contribution in [0, 0.1) is 0 Å². The minimum absolute atomic E-state index is 0.359. The minimum atomic E-state index is 0.359. The molecule has 0 amide bonds. The van der Waals surface area contributed by atoms with Crippen molar-refractivity contribution >= 4 is 0 Å². The van der Waals surface area contributed by atoms with Gasteiger partial charge in [-0.25, -0.2) is 0 Å². The molecule has 0 fully saturated rings. The van der Waals surface area contributed by atoms with Gasteiger partial charge in [-0.05, 0) is 6.42 Å². The highest BCUT2D eigenvalue weighted by molar-refractivity contribution is 4.36. The Labute approximate surface area is 75.0 Å². The van der Waals surface area contributed by atoms with E-state index in [0.29, 0.717) is 20.0 Å². The Morgan fingerprint density at radius 1 is 0.917 bits per heavy atom. The number of unbranched alkanes of at least 4 members (excludes halogenated alkanes) is 2. The van der Waals surface area contributed by atoms with Gasteiger partial charge in [0.15, 0.2) is 0 Å². The first-order valence-electron chi connectivity index (χ1n) is 4.56. The molecule has 0 heterocycles. The second-order valence-corrected chi connectivity index (χ2v) is 2.63. The van der Waals surface area contributed by atoms with Crippen LogP contribution in [0.2, 0.25) is 0 Å². The molecule has 0 aliphatic heterocycles. The third-order valence-corrected chi connectivity index (χ3v) is 1.47. The summed E-state index contributed by atoms with van der Waals surface area (Å²) in [6.45, 7) is 4.69. The summed E-state index contributed by atoms with van der Waals surface area (Å²) >= 11 is 0. The van der Waals surface area contributed by atoms with Gasteiger partial charge in [-0.3, -0.25) is 0 Å². The summed E-state index contributed by atoms with van der Waals surface area (Å²) in [7, 11) is 1.61. The Morgan fingerprint density at radius 3 is 2.33 bits per heavy atom. The lowest BCUT2D eigenvalue weighted by atomic mass is 10.3. The van der Waals surface area contributed by atoms with Crippen molar-refractivity contribution in [3.8, 4) is 0 Å². The average Bonchev–Trinajstić information content (AvgIpc) is 2.10. The quantitative estimate of drug-likeness (QED) is 0.396. The molecule has 0 radical (unpaired) electrons. The maximum atomic E-state index is 5.30. The van der Waals surface area contributed by atoms with Gasteiger partial charge in [0.2, 0.25) is 0 Å². The van der Waals surface area contributed by atoms with Crippen molar-refractivity contribution in [2.24, 2.45) is 0 Å². The molecular weight excluding hydrogens is 156 g/mol. The van der Waals surface area contributed by atoms with E-state index in [1.807, 2.05) is 0 Å². The zero-order valence-corrected chi connectivity index (χ0v) is 8.17. The zero-order chi connectivity index (χ0) is 9.07. The van der Waals surface area contributed by atoms with Crippen LogP contribution < -0.4 is 0 Å². The van der Waals surface area contributed by atoms with Crippen LogP contribution >= 0.6 is 0 Å². The largest absolute Gasteiger partial charge is 0.379 e. The topological polar surface area (TPSA) is 27.7 Å². The predicted molar refractivity (Wildman–Crippen MR) is 48.2 cm³/mol. The maximum Gasteiger partial charge on any atom is 0.146 e. The second kappa shape index (κ2) is 10.9. The van der Waals surface area contributed by atoms with E-state index >= 15 is 0 Å². The van der Waals surface area contributed by atoms with Crippen LogP contribution in [0.15, 0.2) is 0 Å². The highest BCUT2D eigenvalue weighted by atomic mass is 16.7. The maximum absolute atomic E-state index is 5.30. The fraction of sp³-hybridized carbons (Fsp3) is 1.00. The number of hydrogen-bond acceptors (Lipinski definition) is 3. The molecular formula is C9H20O3. The molecule has 0 rings (SSSR count). The highest BCUT2D eigenvalue weighted by Gasteiger charge is 1.88. The molecule has 0 aliphatic carbocycles. The summed E-state index contributed by atoms with van der Waals surface area (Å²) in [6.07, 6.45) is 3.64. The van der Waals surface area contributed by atoms with E-state index in [1.165, 1.54) is 12.8 Å². The van der Waals surface area contributed by atoms with E-state index in [9.17, 15) is 0 Å². The van der Waals surface area contributed by atoms with Crippen LogP contribution in [0.1, 0.15) is 26.2 Å². The van der Waals surface area contributed by atoms with Gasteiger partial charge in [0.1, 0.15) is 6.79 Å². The molecule has 12 heavy (non-hydrogen) atoms. The summed E-state index contributed by atoms with van der Waals surface area (Å²) in [5.41, 5.74) is 0. The van der Waals surface area contributed by atoms with Crippen molar-refractivity contribution in [2.75, 3.05) is 33.7 Å². The van der Waals surface area contributed by atoms with E-state index in [0.717, 1.165) is 13.0 Å². The highest BCUT2D eigenvalue weighted by Crippen LogP contribution is 1.93. The van der Waals surface area contributed by atoms with E-state index in [1.54, 1.807) is 7.11 Å². The molecule has 0 aliphatic rings. The standard InChI is InChI=1S/C9H20O3/c1-3-4-5-6-11-7-8-12-9-10-2/h3-9H2,1-2H3. The lowest BCUT2D eigenvalue weighted by molar-refractivity contribution is -0.0508. The smallest absolute Gasteiger partial charge is 0.146 e. The summed E-state index contributed by atoms with van der Waals surface area (Å²) in [5.74, 6) is 0. The Kier molecular flexibility index (Phi) is 10.8. The third-order valence-electron chi connectivity index (χ3n) is 1.47. The molecule has 0 N–H and O–H groups in total. The van der Waals surface area contributed by atoms with Crippen molar-refractivity contribution in [2.45, 2.75) is 26.2 Å². The molecule has 0 atom stereocenters. The lowest BCUT2D eigenvalue weighted by Crippen LogP contribution is -2.06. The molecule has 3 nitrogen and oxygen atoms in total. The van der Waals surface area contributed by atoms with Crippen molar-refractivity contribution < 1.29 is 14.2 Å². The van der Waals surface area contributed by atoms with E-state index in [4.69, 9.17) is 14.2 Å². The van der Waals surface area contributed by atoms with Crippen molar-refractivity contribution in [1.29, 1.82) is 0 Å². The summed E-state index contributed by atoms with van der Waals surface area (Å²) in [5, 5.41) is 0. The van der Waals surface area contributed by atoms with Crippen molar-refractivity contribution in [3.05, 3.63) is 0 Å². The van der Waals surface area contributed by atoms with Crippen LogP contribution in [0.25, 0.3) is 0 Å². The van der Waals surface area contributed by atoms with Gasteiger partial charge in [0.05, 0.1) is 13.2 Å². The summed E-state index contributed by atoms with van der Waals surface area (Å²) in [6, 6.07) is 0. The fourth-order valence-electron chi connectivity index (χ4n) is 0.816.